The summed E-state index contributed by atoms with van der Waals surface area (Å²) in [5, 5.41) is 8.31. The van der Waals surface area contributed by atoms with Gasteiger partial charge < -0.3 is 15.4 Å². The molecule has 3 aromatic rings. The number of ether oxygens (including phenoxy) is 1. The summed E-state index contributed by atoms with van der Waals surface area (Å²) in [6.45, 7) is 1.83. The molecule has 0 fully saturated rings. The molecule has 5 nitrogen and oxygen atoms in total. The normalized spacial score (nSPS) is 13.7. The third kappa shape index (κ3) is 3.72. The lowest BCUT2D eigenvalue weighted by Crippen LogP contribution is -2.13. The Kier molecular flexibility index (Phi) is 5.04. The predicted molar refractivity (Wildman–Crippen MR) is 115 cm³/mol. The Bertz CT molecular complexity index is 1140. The van der Waals surface area contributed by atoms with Gasteiger partial charge >= 0.3 is 0 Å². The number of methoxy groups -OCH3 is 1. The average Bonchev–Trinajstić information content (AvgIpc) is 3.06. The molecule has 0 saturated carbocycles. The van der Waals surface area contributed by atoms with Gasteiger partial charge in [-0.15, -0.1) is 0 Å². The molecule has 1 aliphatic carbocycles. The Labute approximate surface area is 169 Å². The number of anilines is 2. The lowest BCUT2D eigenvalue weighted by Gasteiger charge is -2.14. The molecular formula is C24H22N2O3. The van der Waals surface area contributed by atoms with E-state index < -0.39 is 0 Å². The second-order valence-corrected chi connectivity index (χ2v) is 7.05. The van der Waals surface area contributed by atoms with E-state index in [4.69, 9.17) is 4.74 Å². The molecule has 0 atom stereocenters. The van der Waals surface area contributed by atoms with E-state index in [2.05, 4.69) is 10.6 Å². The Morgan fingerprint density at radius 2 is 1.79 bits per heavy atom. The number of allylic oxidation sites excluding steroid dienone is 2. The molecular weight excluding hydrogens is 364 g/mol. The fraction of sp³-hybridized carbons (Fsp3) is 0.167. The van der Waals surface area contributed by atoms with Crippen molar-refractivity contribution in [3.63, 3.8) is 0 Å². The van der Waals surface area contributed by atoms with E-state index in [1.54, 1.807) is 12.1 Å². The Balaban J connectivity index is 1.59. The van der Waals surface area contributed by atoms with Gasteiger partial charge in [0.25, 0.3) is 5.91 Å². The zero-order valence-corrected chi connectivity index (χ0v) is 16.4. The molecule has 0 aliphatic heterocycles. The van der Waals surface area contributed by atoms with Crippen molar-refractivity contribution < 1.29 is 14.3 Å². The number of ketones is 1. The highest BCUT2D eigenvalue weighted by molar-refractivity contribution is 6.10. The van der Waals surface area contributed by atoms with E-state index in [1.807, 2.05) is 55.5 Å². The predicted octanol–water partition coefficient (Wildman–Crippen LogP) is 5.15. The van der Waals surface area contributed by atoms with Crippen LogP contribution in [0.3, 0.4) is 0 Å². The number of fused-ring (bicyclic) bond motifs is 1. The summed E-state index contributed by atoms with van der Waals surface area (Å²) in [4.78, 5) is 24.7. The number of nitrogens with one attached hydrogen (secondary N) is 2. The lowest BCUT2D eigenvalue weighted by molar-refractivity contribution is -0.114. The molecule has 3 aromatic carbocycles. The van der Waals surface area contributed by atoms with Crippen molar-refractivity contribution in [1.82, 2.24) is 0 Å². The van der Waals surface area contributed by atoms with Gasteiger partial charge in [0.05, 0.1) is 12.7 Å². The van der Waals surface area contributed by atoms with Crippen LogP contribution in [0.4, 0.5) is 11.4 Å². The van der Waals surface area contributed by atoms with Crippen LogP contribution < -0.4 is 15.4 Å². The minimum absolute atomic E-state index is 0.172. The molecule has 1 amide bonds. The molecule has 0 saturated heterocycles. The van der Waals surface area contributed by atoms with Crippen LogP contribution in [0.1, 0.15) is 30.1 Å². The van der Waals surface area contributed by atoms with E-state index in [1.165, 1.54) is 7.11 Å². The molecule has 0 heterocycles. The quantitative estimate of drug-likeness (QED) is 0.636. The first-order valence-electron chi connectivity index (χ1n) is 9.54. The second kappa shape index (κ2) is 7.80. The fourth-order valence-corrected chi connectivity index (χ4v) is 3.59. The summed E-state index contributed by atoms with van der Waals surface area (Å²) >= 11 is 0. The highest BCUT2D eigenvalue weighted by Crippen LogP contribution is 2.30. The van der Waals surface area contributed by atoms with Gasteiger partial charge in [0, 0.05) is 40.5 Å². The van der Waals surface area contributed by atoms with Crippen LogP contribution in [0.15, 0.2) is 71.9 Å². The third-order valence-corrected chi connectivity index (χ3v) is 5.25. The first kappa shape index (κ1) is 18.7. The number of hydrogen-bond donors (Lipinski definition) is 2. The lowest BCUT2D eigenvalue weighted by atomic mass is 10.1. The van der Waals surface area contributed by atoms with Gasteiger partial charge in [-0.1, -0.05) is 36.4 Å². The molecule has 2 N–H and O–H groups in total. The van der Waals surface area contributed by atoms with Gasteiger partial charge in [-0.05, 0) is 36.9 Å². The van der Waals surface area contributed by atoms with Crippen molar-refractivity contribution in [2.24, 2.45) is 0 Å². The van der Waals surface area contributed by atoms with Crippen molar-refractivity contribution in [1.29, 1.82) is 0 Å². The summed E-state index contributed by atoms with van der Waals surface area (Å²) in [5.41, 5.74) is 3.67. The Hall–Kier alpha value is -3.60. The van der Waals surface area contributed by atoms with Crippen LogP contribution >= 0.6 is 0 Å². The van der Waals surface area contributed by atoms with Crippen LogP contribution in [0.5, 0.6) is 5.75 Å². The number of Topliss-reactive ketones (excluding diaryl/α,β-unsaturated/α-hetero) is 1. The van der Waals surface area contributed by atoms with E-state index in [9.17, 15) is 9.59 Å². The number of rotatable bonds is 5. The van der Waals surface area contributed by atoms with E-state index in [0.29, 0.717) is 24.2 Å². The molecule has 0 radical (unpaired) electrons. The van der Waals surface area contributed by atoms with Crippen LogP contribution in [-0.2, 0) is 4.79 Å². The van der Waals surface area contributed by atoms with Gasteiger partial charge in [0.15, 0.2) is 5.78 Å². The van der Waals surface area contributed by atoms with Crippen molar-refractivity contribution in [2.75, 3.05) is 17.7 Å². The molecule has 29 heavy (non-hydrogen) atoms. The smallest absolute Gasteiger partial charge is 0.259 e. The maximum absolute atomic E-state index is 12.9. The number of carbonyl (C=O) groups is 2. The topological polar surface area (TPSA) is 67.4 Å². The zero-order chi connectivity index (χ0) is 20.4. The highest BCUT2D eigenvalue weighted by atomic mass is 16.5. The van der Waals surface area contributed by atoms with Crippen molar-refractivity contribution in [3.05, 3.63) is 77.5 Å². The summed E-state index contributed by atoms with van der Waals surface area (Å²) in [6, 6.07) is 19.1. The van der Waals surface area contributed by atoms with E-state index >= 15 is 0 Å². The number of hydrogen-bond acceptors (Lipinski definition) is 4. The van der Waals surface area contributed by atoms with E-state index in [-0.39, 0.29) is 11.7 Å². The summed E-state index contributed by atoms with van der Waals surface area (Å²) < 4.78 is 5.46. The zero-order valence-electron chi connectivity index (χ0n) is 16.4. The minimum atomic E-state index is -0.240. The van der Waals surface area contributed by atoms with E-state index in [0.717, 1.165) is 33.4 Å². The van der Waals surface area contributed by atoms with Crippen LogP contribution in [0.2, 0.25) is 0 Å². The minimum Gasteiger partial charge on any atom is -0.496 e. The second-order valence-electron chi connectivity index (χ2n) is 7.05. The van der Waals surface area contributed by atoms with Gasteiger partial charge in [0.1, 0.15) is 5.75 Å². The molecule has 0 bridgehead atoms. The molecule has 5 heteroatoms. The number of amides is 1. The van der Waals surface area contributed by atoms with Crippen LogP contribution in [0, 0.1) is 0 Å². The van der Waals surface area contributed by atoms with Gasteiger partial charge in [-0.2, -0.15) is 0 Å². The monoisotopic (exact) mass is 386 g/mol. The van der Waals surface area contributed by atoms with Crippen molar-refractivity contribution in [2.45, 2.75) is 19.8 Å². The SMILES string of the molecule is COc1cc(NC2=C(C)C(=O)CC2)ccc1C(=O)Nc1cccc2ccccc12. The van der Waals surface area contributed by atoms with Crippen molar-refractivity contribution in [3.8, 4) is 5.75 Å². The van der Waals surface area contributed by atoms with Gasteiger partial charge in [-0.3, -0.25) is 9.59 Å². The standard InChI is InChI=1S/C24H22N2O3/c1-15-20(12-13-22(15)27)25-17-10-11-19(23(14-17)29-2)24(28)26-21-9-5-7-16-6-3-4-8-18(16)21/h3-11,14,25H,12-13H2,1-2H3,(H,26,28). The van der Waals surface area contributed by atoms with Gasteiger partial charge in [-0.25, -0.2) is 0 Å². The molecule has 4 rings (SSSR count). The largest absolute Gasteiger partial charge is 0.496 e. The van der Waals surface area contributed by atoms with Crippen LogP contribution in [0.25, 0.3) is 10.8 Å². The molecule has 0 aromatic heterocycles. The molecule has 0 spiro atoms. The molecule has 1 aliphatic rings. The maximum Gasteiger partial charge on any atom is 0.259 e. The third-order valence-electron chi connectivity index (χ3n) is 5.25. The molecule has 146 valence electrons. The van der Waals surface area contributed by atoms with Crippen LogP contribution in [-0.4, -0.2) is 18.8 Å². The number of benzene rings is 3. The van der Waals surface area contributed by atoms with Gasteiger partial charge in [0.2, 0.25) is 0 Å². The Morgan fingerprint density at radius 3 is 2.55 bits per heavy atom. The van der Waals surface area contributed by atoms with Crippen molar-refractivity contribution >= 4 is 33.8 Å². The summed E-state index contributed by atoms with van der Waals surface area (Å²) in [5.74, 6) is 0.400. The average molecular weight is 386 g/mol. The number of carbonyl (C=O) groups excluding carboxylic acids is 2. The molecule has 0 unspecified atom stereocenters. The summed E-state index contributed by atoms with van der Waals surface area (Å²) in [6.07, 6.45) is 1.24. The first-order chi connectivity index (χ1) is 14.1. The fourth-order valence-electron chi connectivity index (χ4n) is 3.59. The maximum atomic E-state index is 12.9. The Morgan fingerprint density at radius 1 is 1.00 bits per heavy atom. The highest BCUT2D eigenvalue weighted by Gasteiger charge is 2.20. The summed E-state index contributed by atoms with van der Waals surface area (Å²) in [7, 11) is 1.54. The first-order valence-corrected chi connectivity index (χ1v) is 9.54.